The minimum Gasteiger partial charge on any atom is -0.477 e. The van der Waals surface area contributed by atoms with E-state index in [2.05, 4.69) is 16.8 Å². The van der Waals surface area contributed by atoms with Crippen LogP contribution in [0.3, 0.4) is 0 Å². The SMILES string of the molecule is COCC1(C)CN(c2cc(C(=O)O)nc3c2c(C2CCC2)nn3-c2ccccc2)C1. The van der Waals surface area contributed by atoms with Crippen molar-refractivity contribution in [1.29, 1.82) is 0 Å². The molecule has 1 aliphatic heterocycles. The van der Waals surface area contributed by atoms with Gasteiger partial charge in [0.2, 0.25) is 0 Å². The van der Waals surface area contributed by atoms with E-state index in [0.29, 0.717) is 18.2 Å². The monoisotopic (exact) mass is 406 g/mol. The zero-order chi connectivity index (χ0) is 20.9. The number of rotatable bonds is 6. The lowest BCUT2D eigenvalue weighted by atomic mass is 9.80. The van der Waals surface area contributed by atoms with Gasteiger partial charge < -0.3 is 14.7 Å². The van der Waals surface area contributed by atoms with Crippen molar-refractivity contribution in [3.05, 3.63) is 47.8 Å². The highest BCUT2D eigenvalue weighted by Crippen LogP contribution is 2.45. The van der Waals surface area contributed by atoms with Gasteiger partial charge >= 0.3 is 5.97 Å². The zero-order valence-corrected chi connectivity index (χ0v) is 17.3. The number of aromatic carboxylic acids is 1. The van der Waals surface area contributed by atoms with Crippen molar-refractivity contribution < 1.29 is 14.6 Å². The second-order valence-electron chi connectivity index (χ2n) is 8.89. The van der Waals surface area contributed by atoms with Crippen LogP contribution in [-0.4, -0.2) is 52.6 Å². The van der Waals surface area contributed by atoms with Crippen molar-refractivity contribution >= 4 is 22.7 Å². The molecule has 0 amide bonds. The average molecular weight is 406 g/mol. The Hall–Kier alpha value is -2.93. The van der Waals surface area contributed by atoms with Gasteiger partial charge in [0, 0.05) is 31.5 Å². The average Bonchev–Trinajstić information content (AvgIpc) is 3.04. The number of ether oxygens (including phenoxy) is 1. The van der Waals surface area contributed by atoms with Gasteiger partial charge in [-0.15, -0.1) is 0 Å². The van der Waals surface area contributed by atoms with Gasteiger partial charge in [0.25, 0.3) is 0 Å². The molecule has 5 rings (SSSR count). The van der Waals surface area contributed by atoms with Crippen LogP contribution < -0.4 is 4.90 Å². The summed E-state index contributed by atoms with van der Waals surface area (Å²) >= 11 is 0. The number of benzene rings is 1. The van der Waals surface area contributed by atoms with Crippen LogP contribution in [0.2, 0.25) is 0 Å². The van der Waals surface area contributed by atoms with Gasteiger partial charge in [0.1, 0.15) is 0 Å². The van der Waals surface area contributed by atoms with E-state index >= 15 is 0 Å². The van der Waals surface area contributed by atoms with Crippen LogP contribution in [0.15, 0.2) is 36.4 Å². The number of hydrogen-bond donors (Lipinski definition) is 1. The lowest BCUT2D eigenvalue weighted by Gasteiger charge is -2.49. The van der Waals surface area contributed by atoms with Crippen molar-refractivity contribution in [3.8, 4) is 5.69 Å². The summed E-state index contributed by atoms with van der Waals surface area (Å²) in [5.74, 6) is -0.621. The topological polar surface area (TPSA) is 80.5 Å². The maximum absolute atomic E-state index is 11.9. The largest absolute Gasteiger partial charge is 0.477 e. The lowest BCUT2D eigenvalue weighted by molar-refractivity contribution is 0.0687. The van der Waals surface area contributed by atoms with Crippen molar-refractivity contribution in [2.75, 3.05) is 31.7 Å². The van der Waals surface area contributed by atoms with Crippen LogP contribution in [0, 0.1) is 5.41 Å². The molecular formula is C23H26N4O3. The Morgan fingerprint density at radius 2 is 2.00 bits per heavy atom. The first-order valence-electron chi connectivity index (χ1n) is 10.5. The number of fused-ring (bicyclic) bond motifs is 1. The smallest absolute Gasteiger partial charge is 0.354 e. The van der Waals surface area contributed by atoms with Crippen molar-refractivity contribution in [2.24, 2.45) is 5.41 Å². The molecule has 1 N–H and O–H groups in total. The normalized spacial score (nSPS) is 18.3. The number of nitrogens with zero attached hydrogens (tertiary/aromatic N) is 4. The number of anilines is 1. The molecule has 0 unspecified atom stereocenters. The number of carbonyl (C=O) groups is 1. The number of aromatic nitrogens is 3. The molecule has 2 aliphatic rings. The molecule has 1 saturated carbocycles. The Bertz CT molecular complexity index is 1100. The van der Waals surface area contributed by atoms with Crippen molar-refractivity contribution in [2.45, 2.75) is 32.1 Å². The van der Waals surface area contributed by atoms with Gasteiger partial charge in [0.05, 0.1) is 29.1 Å². The molecule has 7 nitrogen and oxygen atoms in total. The van der Waals surface area contributed by atoms with Gasteiger partial charge in [-0.3, -0.25) is 0 Å². The van der Waals surface area contributed by atoms with Crippen LogP contribution in [0.25, 0.3) is 16.7 Å². The molecule has 30 heavy (non-hydrogen) atoms. The van der Waals surface area contributed by atoms with Crippen LogP contribution in [0.5, 0.6) is 0 Å². The fraction of sp³-hybridized carbons (Fsp3) is 0.435. The highest BCUT2D eigenvalue weighted by Gasteiger charge is 2.41. The summed E-state index contributed by atoms with van der Waals surface area (Å²) < 4.78 is 7.20. The third-order valence-corrected chi connectivity index (χ3v) is 6.33. The Kier molecular flexibility index (Phi) is 4.50. The van der Waals surface area contributed by atoms with E-state index in [1.54, 1.807) is 13.2 Å². The molecule has 3 aromatic rings. The Morgan fingerprint density at radius 1 is 1.27 bits per heavy atom. The summed E-state index contributed by atoms with van der Waals surface area (Å²) in [7, 11) is 1.72. The third kappa shape index (κ3) is 3.04. The van der Waals surface area contributed by atoms with E-state index in [1.807, 2.05) is 35.0 Å². The zero-order valence-electron chi connectivity index (χ0n) is 17.3. The third-order valence-electron chi connectivity index (χ3n) is 6.33. The molecule has 3 heterocycles. The highest BCUT2D eigenvalue weighted by atomic mass is 16.5. The van der Waals surface area contributed by atoms with Gasteiger partial charge in [0.15, 0.2) is 11.3 Å². The summed E-state index contributed by atoms with van der Waals surface area (Å²) in [4.78, 5) is 18.7. The molecular weight excluding hydrogens is 380 g/mol. The summed E-state index contributed by atoms with van der Waals surface area (Å²) in [6.07, 6.45) is 3.43. The van der Waals surface area contributed by atoms with Crippen LogP contribution in [0.1, 0.15) is 48.3 Å². The fourth-order valence-electron chi connectivity index (χ4n) is 4.68. The minimum atomic E-state index is -1.02. The molecule has 2 fully saturated rings. The predicted molar refractivity (Wildman–Crippen MR) is 115 cm³/mol. The minimum absolute atomic E-state index is 0.0510. The first kappa shape index (κ1) is 19.1. The number of hydrogen-bond acceptors (Lipinski definition) is 5. The maximum Gasteiger partial charge on any atom is 0.354 e. The second-order valence-corrected chi connectivity index (χ2v) is 8.89. The molecule has 1 aromatic carbocycles. The van der Waals surface area contributed by atoms with Crippen LogP contribution in [0.4, 0.5) is 5.69 Å². The summed E-state index contributed by atoms with van der Waals surface area (Å²) in [5.41, 5.74) is 3.60. The van der Waals surface area contributed by atoms with Crippen LogP contribution >= 0.6 is 0 Å². The van der Waals surface area contributed by atoms with Gasteiger partial charge in [-0.05, 0) is 31.0 Å². The van der Waals surface area contributed by atoms with E-state index in [9.17, 15) is 9.90 Å². The van der Waals surface area contributed by atoms with Crippen molar-refractivity contribution in [1.82, 2.24) is 14.8 Å². The van der Waals surface area contributed by atoms with E-state index in [4.69, 9.17) is 9.84 Å². The molecule has 0 bridgehead atoms. The molecule has 0 atom stereocenters. The highest BCUT2D eigenvalue weighted by molar-refractivity contribution is 5.99. The quantitative estimate of drug-likeness (QED) is 0.670. The Morgan fingerprint density at radius 3 is 2.60 bits per heavy atom. The number of methoxy groups -OCH3 is 1. The molecule has 2 aromatic heterocycles. The Balaban J connectivity index is 1.70. The van der Waals surface area contributed by atoms with Crippen molar-refractivity contribution in [3.63, 3.8) is 0 Å². The lowest BCUT2D eigenvalue weighted by Crippen LogP contribution is -2.57. The summed E-state index contributed by atoms with van der Waals surface area (Å²) in [6.45, 7) is 4.52. The second kappa shape index (κ2) is 7.09. The molecule has 0 radical (unpaired) electrons. The molecule has 0 spiro atoms. The summed E-state index contributed by atoms with van der Waals surface area (Å²) in [6, 6.07) is 11.5. The summed E-state index contributed by atoms with van der Waals surface area (Å²) in [5, 5.41) is 15.7. The van der Waals surface area contributed by atoms with E-state index in [-0.39, 0.29) is 11.1 Å². The van der Waals surface area contributed by atoms with Gasteiger partial charge in [-0.2, -0.15) is 5.10 Å². The van der Waals surface area contributed by atoms with Gasteiger partial charge in [-0.25, -0.2) is 14.5 Å². The number of para-hydroxylation sites is 1. The van der Waals surface area contributed by atoms with E-state index in [0.717, 1.165) is 48.4 Å². The molecule has 156 valence electrons. The molecule has 1 aliphatic carbocycles. The first-order valence-corrected chi connectivity index (χ1v) is 10.5. The predicted octanol–water partition coefficient (Wildman–Crippen LogP) is 3.86. The Labute approximate surface area is 175 Å². The maximum atomic E-state index is 11.9. The fourth-order valence-corrected chi connectivity index (χ4v) is 4.68. The van der Waals surface area contributed by atoms with Gasteiger partial charge in [-0.1, -0.05) is 31.5 Å². The number of pyridine rings is 1. The first-order chi connectivity index (χ1) is 14.5. The molecule has 7 heteroatoms. The molecule has 1 saturated heterocycles. The van der Waals surface area contributed by atoms with E-state index in [1.165, 1.54) is 6.42 Å². The number of carboxylic acids is 1. The number of carboxylic acid groups (broad SMARTS) is 1. The van der Waals surface area contributed by atoms with E-state index < -0.39 is 5.97 Å². The standard InChI is InChI=1S/C23H26N4O3/c1-23(14-30-2)12-26(13-23)18-11-17(22(28)29)24-21-19(18)20(15-7-6-8-15)25-27(21)16-9-4-3-5-10-16/h3-5,9-11,15H,6-8,12-14H2,1-2H3,(H,28,29). The van der Waals surface area contributed by atoms with Crippen LogP contribution in [-0.2, 0) is 4.74 Å².